The van der Waals surface area contributed by atoms with Gasteiger partial charge in [0.2, 0.25) is 0 Å². The summed E-state index contributed by atoms with van der Waals surface area (Å²) in [7, 11) is 0. The van der Waals surface area contributed by atoms with Crippen molar-refractivity contribution >= 4 is 28.8 Å². The van der Waals surface area contributed by atoms with Gasteiger partial charge >= 0.3 is 0 Å². The van der Waals surface area contributed by atoms with Crippen LogP contribution in [-0.2, 0) is 4.74 Å². The van der Waals surface area contributed by atoms with Crippen molar-refractivity contribution in [1.82, 2.24) is 15.4 Å². The first kappa shape index (κ1) is 21.0. The third-order valence-electron chi connectivity index (χ3n) is 5.01. The lowest BCUT2D eigenvalue weighted by Gasteiger charge is -2.38. The van der Waals surface area contributed by atoms with Crippen molar-refractivity contribution in [3.05, 3.63) is 63.9 Å². The zero-order chi connectivity index (χ0) is 21.1. The van der Waals surface area contributed by atoms with Crippen LogP contribution in [0.3, 0.4) is 0 Å². The van der Waals surface area contributed by atoms with E-state index >= 15 is 0 Å². The number of carbonyl (C=O) groups excluding carboxylic acids is 1. The summed E-state index contributed by atoms with van der Waals surface area (Å²) in [6.07, 6.45) is 0.00592. The Bertz CT molecular complexity index is 991. The number of rotatable bonds is 6. The van der Waals surface area contributed by atoms with Crippen LogP contribution in [-0.4, -0.2) is 48.3 Å². The van der Waals surface area contributed by atoms with E-state index in [0.717, 1.165) is 4.88 Å². The minimum atomic E-state index is -0.433. The Kier molecular flexibility index (Phi) is 6.48. The highest BCUT2D eigenvalue weighted by atomic mass is 35.5. The van der Waals surface area contributed by atoms with Gasteiger partial charge in [-0.15, -0.1) is 11.3 Å². The van der Waals surface area contributed by atoms with Crippen LogP contribution in [0.2, 0.25) is 5.02 Å². The molecule has 6 nitrogen and oxygen atoms in total. The summed E-state index contributed by atoms with van der Waals surface area (Å²) < 4.78 is 25.6. The summed E-state index contributed by atoms with van der Waals surface area (Å²) in [6.45, 7) is 3.89. The fourth-order valence-electron chi connectivity index (χ4n) is 3.57. The Morgan fingerprint density at radius 3 is 3.03 bits per heavy atom. The standard InChI is InChI=1S/C21H21ClFN3O3S/c1-13-12-26(7-8-28-13)17(20-14(22)4-2-5-15(20)23)11-24-21(27)16-10-18(29-25-16)19-6-3-9-30-19/h2-6,9-10,13,17H,7-8,11-12H2,1H3,(H,24,27). The number of aromatic nitrogens is 1. The number of morpholine rings is 1. The van der Waals surface area contributed by atoms with E-state index in [0.29, 0.717) is 36.0 Å². The lowest BCUT2D eigenvalue weighted by Crippen LogP contribution is -2.47. The van der Waals surface area contributed by atoms with Crippen LogP contribution in [0.1, 0.15) is 29.0 Å². The molecule has 0 spiro atoms. The van der Waals surface area contributed by atoms with E-state index in [1.165, 1.54) is 17.4 Å². The zero-order valence-electron chi connectivity index (χ0n) is 16.3. The molecule has 0 bridgehead atoms. The van der Waals surface area contributed by atoms with E-state index in [1.807, 2.05) is 24.4 Å². The minimum absolute atomic E-state index is 0.00592. The molecule has 158 valence electrons. The summed E-state index contributed by atoms with van der Waals surface area (Å²) in [5.41, 5.74) is 0.542. The van der Waals surface area contributed by atoms with Crippen LogP contribution in [0.25, 0.3) is 10.6 Å². The maximum atomic E-state index is 14.7. The molecule has 3 heterocycles. The molecule has 1 fully saturated rings. The molecule has 1 aliphatic heterocycles. The van der Waals surface area contributed by atoms with Gasteiger partial charge in [0.15, 0.2) is 11.5 Å². The highest BCUT2D eigenvalue weighted by Crippen LogP contribution is 2.31. The molecule has 1 amide bonds. The summed E-state index contributed by atoms with van der Waals surface area (Å²) in [5, 5.41) is 8.97. The molecule has 0 radical (unpaired) electrons. The number of thiophene rings is 1. The maximum absolute atomic E-state index is 14.7. The molecule has 1 N–H and O–H groups in total. The molecule has 30 heavy (non-hydrogen) atoms. The normalized spacial score (nSPS) is 18.3. The van der Waals surface area contributed by atoms with Crippen molar-refractivity contribution in [3.63, 3.8) is 0 Å². The minimum Gasteiger partial charge on any atom is -0.376 e. The highest BCUT2D eigenvalue weighted by Gasteiger charge is 2.30. The van der Waals surface area contributed by atoms with Crippen LogP contribution < -0.4 is 5.32 Å². The Morgan fingerprint density at radius 2 is 2.30 bits per heavy atom. The predicted octanol–water partition coefficient (Wildman–Crippen LogP) is 4.39. The largest absolute Gasteiger partial charge is 0.376 e. The Labute approximate surface area is 182 Å². The van der Waals surface area contributed by atoms with E-state index in [9.17, 15) is 9.18 Å². The fraction of sp³-hybridized carbons (Fsp3) is 0.333. The topological polar surface area (TPSA) is 67.6 Å². The predicted molar refractivity (Wildman–Crippen MR) is 113 cm³/mol. The number of benzene rings is 1. The van der Waals surface area contributed by atoms with Gasteiger partial charge in [-0.3, -0.25) is 9.69 Å². The van der Waals surface area contributed by atoms with Crippen molar-refractivity contribution in [3.8, 4) is 10.6 Å². The number of ether oxygens (including phenoxy) is 1. The van der Waals surface area contributed by atoms with Gasteiger partial charge < -0.3 is 14.6 Å². The second-order valence-corrected chi connectivity index (χ2v) is 8.45. The summed E-state index contributed by atoms with van der Waals surface area (Å²) in [5.74, 6) is -0.256. The first-order valence-electron chi connectivity index (χ1n) is 9.61. The van der Waals surface area contributed by atoms with Crippen LogP contribution in [0.15, 0.2) is 46.3 Å². The van der Waals surface area contributed by atoms with Crippen molar-refractivity contribution in [2.45, 2.75) is 19.1 Å². The van der Waals surface area contributed by atoms with Crippen LogP contribution in [0.5, 0.6) is 0 Å². The summed E-state index contributed by atoms with van der Waals surface area (Å²) in [6, 6.07) is 9.56. The number of hydrogen-bond donors (Lipinski definition) is 1. The quantitative estimate of drug-likeness (QED) is 0.604. The first-order valence-corrected chi connectivity index (χ1v) is 10.9. The van der Waals surface area contributed by atoms with Crippen LogP contribution in [0.4, 0.5) is 4.39 Å². The number of nitrogens with one attached hydrogen (secondary N) is 1. The van der Waals surface area contributed by atoms with Gasteiger partial charge in [-0.2, -0.15) is 0 Å². The van der Waals surface area contributed by atoms with Crippen molar-refractivity contribution in [2.75, 3.05) is 26.2 Å². The zero-order valence-corrected chi connectivity index (χ0v) is 17.9. The van der Waals surface area contributed by atoms with E-state index < -0.39 is 11.9 Å². The number of nitrogens with zero attached hydrogens (tertiary/aromatic N) is 2. The molecule has 2 atom stereocenters. The molecule has 4 rings (SSSR count). The summed E-state index contributed by atoms with van der Waals surface area (Å²) >= 11 is 7.83. The van der Waals surface area contributed by atoms with Gasteiger partial charge in [0.25, 0.3) is 5.91 Å². The van der Waals surface area contributed by atoms with E-state index in [2.05, 4.69) is 15.4 Å². The second kappa shape index (κ2) is 9.26. The SMILES string of the molecule is CC1CN(C(CNC(=O)c2cc(-c3cccs3)on2)c2c(F)cccc2Cl)CCO1. The molecule has 3 aromatic rings. The second-order valence-electron chi connectivity index (χ2n) is 7.09. The highest BCUT2D eigenvalue weighted by molar-refractivity contribution is 7.13. The molecule has 1 saturated heterocycles. The Morgan fingerprint density at radius 1 is 1.43 bits per heavy atom. The van der Waals surface area contributed by atoms with Gasteiger partial charge in [0.05, 0.1) is 23.6 Å². The monoisotopic (exact) mass is 449 g/mol. The lowest BCUT2D eigenvalue weighted by molar-refractivity contribution is -0.0346. The Balaban J connectivity index is 1.52. The van der Waals surface area contributed by atoms with E-state index in [1.54, 1.807) is 18.2 Å². The fourth-order valence-corrected chi connectivity index (χ4v) is 4.53. The van der Waals surface area contributed by atoms with Gasteiger partial charge in [-0.05, 0) is 30.5 Å². The van der Waals surface area contributed by atoms with E-state index in [4.69, 9.17) is 20.9 Å². The number of amides is 1. The third kappa shape index (κ3) is 4.57. The van der Waals surface area contributed by atoms with Gasteiger partial charge in [0, 0.05) is 36.3 Å². The molecule has 1 aliphatic rings. The number of carbonyl (C=O) groups is 1. The number of halogens is 2. The molecule has 0 aliphatic carbocycles. The van der Waals surface area contributed by atoms with Gasteiger partial charge in [0.1, 0.15) is 5.82 Å². The van der Waals surface area contributed by atoms with Crippen molar-refractivity contribution in [1.29, 1.82) is 0 Å². The smallest absolute Gasteiger partial charge is 0.273 e. The summed E-state index contributed by atoms with van der Waals surface area (Å²) in [4.78, 5) is 15.7. The molecule has 9 heteroatoms. The van der Waals surface area contributed by atoms with Gasteiger partial charge in [-0.1, -0.05) is 28.9 Å². The van der Waals surface area contributed by atoms with Crippen LogP contribution in [0, 0.1) is 5.82 Å². The lowest BCUT2D eigenvalue weighted by atomic mass is 10.0. The maximum Gasteiger partial charge on any atom is 0.273 e. The van der Waals surface area contributed by atoms with Crippen molar-refractivity contribution in [2.24, 2.45) is 0 Å². The number of hydrogen-bond acceptors (Lipinski definition) is 6. The van der Waals surface area contributed by atoms with Gasteiger partial charge in [-0.25, -0.2) is 4.39 Å². The molecule has 2 unspecified atom stereocenters. The van der Waals surface area contributed by atoms with E-state index in [-0.39, 0.29) is 24.2 Å². The molecule has 0 saturated carbocycles. The third-order valence-corrected chi connectivity index (χ3v) is 6.22. The molecular formula is C21H21ClFN3O3S. The average Bonchev–Trinajstić information content (AvgIpc) is 3.41. The molecular weight excluding hydrogens is 429 g/mol. The average molecular weight is 450 g/mol. The first-order chi connectivity index (χ1) is 14.5. The molecule has 1 aromatic carbocycles. The van der Waals surface area contributed by atoms with Crippen molar-refractivity contribution < 1.29 is 18.4 Å². The molecule has 2 aromatic heterocycles. The van der Waals surface area contributed by atoms with Crippen LogP contribution >= 0.6 is 22.9 Å². The Hall–Kier alpha value is -2.26.